The molecule has 4 N–H and O–H groups in total. The average Bonchev–Trinajstić information content (AvgIpc) is 2.54. The second-order valence-electron chi connectivity index (χ2n) is 4.68. The monoisotopic (exact) mass is 283 g/mol. The number of nitrogens with two attached hydrogens (primary N) is 2. The Morgan fingerprint density at radius 3 is 2.05 bits per heavy atom. The zero-order valence-electron chi connectivity index (χ0n) is 11.5. The van der Waals surface area contributed by atoms with Crippen molar-refractivity contribution in [1.82, 2.24) is 5.01 Å². The van der Waals surface area contributed by atoms with Crippen molar-refractivity contribution >= 4 is 11.8 Å². The summed E-state index contributed by atoms with van der Waals surface area (Å²) in [6.07, 6.45) is 0.329. The number of hydrazine groups is 1. The number of nitrogens with zero attached hydrogens (tertiary/aromatic N) is 1. The van der Waals surface area contributed by atoms with Gasteiger partial charge in [0.25, 0.3) is 11.8 Å². The van der Waals surface area contributed by atoms with Gasteiger partial charge in [-0.15, -0.1) is 0 Å². The number of imide groups is 1. The lowest BCUT2D eigenvalue weighted by Crippen LogP contribution is -2.51. The summed E-state index contributed by atoms with van der Waals surface area (Å²) >= 11 is 0. The molecule has 0 aliphatic heterocycles. The highest BCUT2D eigenvalue weighted by Crippen LogP contribution is 2.06. The minimum atomic E-state index is -0.856. The third-order valence-corrected chi connectivity index (χ3v) is 3.09. The molecule has 0 saturated heterocycles. The molecule has 21 heavy (non-hydrogen) atoms. The number of hydrogen-bond donors (Lipinski definition) is 2. The van der Waals surface area contributed by atoms with Crippen LogP contribution in [0.2, 0.25) is 0 Å². The third-order valence-electron chi connectivity index (χ3n) is 3.09. The van der Waals surface area contributed by atoms with E-state index in [1.807, 2.05) is 30.3 Å². The Kier molecular flexibility index (Phi) is 4.81. The molecular formula is C16H17N3O2. The summed E-state index contributed by atoms with van der Waals surface area (Å²) in [4.78, 5) is 24.2. The summed E-state index contributed by atoms with van der Waals surface area (Å²) in [6.45, 7) is 0. The minimum absolute atomic E-state index is 0.329. The van der Waals surface area contributed by atoms with Gasteiger partial charge in [-0.25, -0.2) is 10.9 Å². The highest BCUT2D eigenvalue weighted by atomic mass is 16.2. The van der Waals surface area contributed by atoms with Gasteiger partial charge < -0.3 is 5.73 Å². The number of hydrogen-bond acceptors (Lipinski definition) is 4. The second kappa shape index (κ2) is 6.78. The summed E-state index contributed by atoms with van der Waals surface area (Å²) in [5.74, 6) is 4.43. The molecule has 5 nitrogen and oxygen atoms in total. The van der Waals surface area contributed by atoms with E-state index in [4.69, 9.17) is 11.6 Å². The fraction of sp³-hybridized carbons (Fsp3) is 0.125. The molecule has 0 aromatic heterocycles. The molecule has 2 rings (SSSR count). The maximum atomic E-state index is 12.1. The van der Waals surface area contributed by atoms with Gasteiger partial charge in [0.2, 0.25) is 0 Å². The maximum Gasteiger partial charge on any atom is 0.274 e. The van der Waals surface area contributed by atoms with Gasteiger partial charge in [0.15, 0.2) is 0 Å². The lowest BCUT2D eigenvalue weighted by Gasteiger charge is -2.19. The number of carbonyl (C=O) groups excluding carboxylic acids is 2. The molecular weight excluding hydrogens is 266 g/mol. The zero-order valence-corrected chi connectivity index (χ0v) is 11.5. The Labute approximate surface area is 123 Å². The summed E-state index contributed by atoms with van der Waals surface area (Å²) in [6, 6.07) is 16.9. The Morgan fingerprint density at radius 1 is 0.952 bits per heavy atom. The van der Waals surface area contributed by atoms with E-state index in [1.165, 1.54) is 0 Å². The second-order valence-corrected chi connectivity index (χ2v) is 4.68. The van der Waals surface area contributed by atoms with Gasteiger partial charge in [-0.1, -0.05) is 48.5 Å². The Hall–Kier alpha value is -2.50. The molecule has 0 radical (unpaired) electrons. The molecule has 2 amide bonds. The first kappa shape index (κ1) is 14.9. The molecule has 0 saturated carbocycles. The van der Waals surface area contributed by atoms with Crippen LogP contribution in [-0.2, 0) is 11.2 Å². The van der Waals surface area contributed by atoms with E-state index in [9.17, 15) is 9.59 Å². The van der Waals surface area contributed by atoms with Gasteiger partial charge in [0, 0.05) is 5.56 Å². The van der Waals surface area contributed by atoms with Crippen molar-refractivity contribution in [3.05, 3.63) is 71.8 Å². The molecule has 0 heterocycles. The van der Waals surface area contributed by atoms with Crippen LogP contribution in [-0.4, -0.2) is 22.9 Å². The molecule has 0 spiro atoms. The largest absolute Gasteiger partial charge is 0.320 e. The first-order valence-corrected chi connectivity index (χ1v) is 6.57. The topological polar surface area (TPSA) is 89.4 Å². The van der Waals surface area contributed by atoms with E-state index in [-0.39, 0.29) is 0 Å². The predicted molar refractivity (Wildman–Crippen MR) is 79.9 cm³/mol. The van der Waals surface area contributed by atoms with E-state index < -0.39 is 17.9 Å². The molecule has 0 aliphatic rings. The van der Waals surface area contributed by atoms with Crippen molar-refractivity contribution in [2.75, 3.05) is 0 Å². The maximum absolute atomic E-state index is 12.1. The van der Waals surface area contributed by atoms with Gasteiger partial charge >= 0.3 is 0 Å². The van der Waals surface area contributed by atoms with Gasteiger partial charge in [-0.3, -0.25) is 9.59 Å². The highest BCUT2D eigenvalue weighted by Gasteiger charge is 2.24. The molecule has 1 unspecified atom stereocenters. The van der Waals surface area contributed by atoms with E-state index in [0.29, 0.717) is 17.0 Å². The molecule has 108 valence electrons. The molecule has 0 bridgehead atoms. The molecule has 5 heteroatoms. The highest BCUT2D eigenvalue weighted by molar-refractivity contribution is 6.05. The van der Waals surface area contributed by atoms with Gasteiger partial charge in [0.1, 0.15) is 0 Å². The Bertz CT molecular complexity index is 614. The van der Waals surface area contributed by atoms with Crippen LogP contribution in [0.3, 0.4) is 0 Å². The van der Waals surface area contributed by atoms with Gasteiger partial charge in [0.05, 0.1) is 6.04 Å². The number of carbonyl (C=O) groups is 2. The lowest BCUT2D eigenvalue weighted by atomic mass is 10.1. The molecule has 2 aromatic rings. The SMILES string of the molecule is NC(Cc1ccccc1)C(=O)N(N)C(=O)c1ccccc1. The molecule has 2 aromatic carbocycles. The summed E-state index contributed by atoms with van der Waals surface area (Å²) in [5.41, 5.74) is 7.11. The Balaban J connectivity index is 2.03. The summed E-state index contributed by atoms with van der Waals surface area (Å²) in [7, 11) is 0. The standard InChI is InChI=1S/C16H17N3O2/c17-14(11-12-7-3-1-4-8-12)16(21)19(18)15(20)13-9-5-2-6-10-13/h1-10,14H,11,17-18H2. The fourth-order valence-electron chi connectivity index (χ4n) is 1.95. The van der Waals surface area contributed by atoms with Crippen molar-refractivity contribution in [1.29, 1.82) is 0 Å². The molecule has 0 aliphatic carbocycles. The van der Waals surface area contributed by atoms with Crippen LogP contribution < -0.4 is 11.6 Å². The lowest BCUT2D eigenvalue weighted by molar-refractivity contribution is -0.130. The Morgan fingerprint density at radius 2 is 1.48 bits per heavy atom. The van der Waals surface area contributed by atoms with Crippen LogP contribution in [0.4, 0.5) is 0 Å². The van der Waals surface area contributed by atoms with E-state index in [0.717, 1.165) is 5.56 Å². The zero-order chi connectivity index (χ0) is 15.2. The third kappa shape index (κ3) is 3.75. The quantitative estimate of drug-likeness (QED) is 0.499. The first-order valence-electron chi connectivity index (χ1n) is 6.57. The van der Waals surface area contributed by atoms with Crippen LogP contribution in [0, 0.1) is 0 Å². The van der Waals surface area contributed by atoms with Crippen LogP contribution in [0.5, 0.6) is 0 Å². The normalized spacial score (nSPS) is 11.7. The molecule has 0 fully saturated rings. The first-order chi connectivity index (χ1) is 10.1. The van der Waals surface area contributed by atoms with Gasteiger partial charge in [-0.05, 0) is 24.1 Å². The average molecular weight is 283 g/mol. The minimum Gasteiger partial charge on any atom is -0.320 e. The van der Waals surface area contributed by atoms with Crippen LogP contribution in [0.1, 0.15) is 15.9 Å². The number of amides is 2. The van der Waals surface area contributed by atoms with Crippen LogP contribution in [0.25, 0.3) is 0 Å². The van der Waals surface area contributed by atoms with Crippen LogP contribution >= 0.6 is 0 Å². The van der Waals surface area contributed by atoms with Crippen LogP contribution in [0.15, 0.2) is 60.7 Å². The van der Waals surface area contributed by atoms with Crippen molar-refractivity contribution in [3.8, 4) is 0 Å². The summed E-state index contributed by atoms with van der Waals surface area (Å²) in [5, 5.41) is 0.586. The fourth-order valence-corrected chi connectivity index (χ4v) is 1.95. The van der Waals surface area contributed by atoms with E-state index in [1.54, 1.807) is 30.3 Å². The predicted octanol–water partition coefficient (Wildman–Crippen LogP) is 1.10. The van der Waals surface area contributed by atoms with Gasteiger partial charge in [-0.2, -0.15) is 0 Å². The number of benzene rings is 2. The van der Waals surface area contributed by atoms with E-state index in [2.05, 4.69) is 0 Å². The summed E-state index contributed by atoms with van der Waals surface area (Å²) < 4.78 is 0. The number of rotatable bonds is 4. The van der Waals surface area contributed by atoms with Crippen molar-refractivity contribution in [2.45, 2.75) is 12.5 Å². The van der Waals surface area contributed by atoms with E-state index >= 15 is 0 Å². The van der Waals surface area contributed by atoms with Crippen molar-refractivity contribution in [2.24, 2.45) is 11.6 Å². The smallest absolute Gasteiger partial charge is 0.274 e. The molecule has 1 atom stereocenters. The van der Waals surface area contributed by atoms with Crippen molar-refractivity contribution in [3.63, 3.8) is 0 Å². The van der Waals surface area contributed by atoms with Crippen molar-refractivity contribution < 1.29 is 9.59 Å².